The lowest BCUT2D eigenvalue weighted by atomic mass is 9.35. The molecule has 4 unspecified atom stereocenters. The summed E-state index contributed by atoms with van der Waals surface area (Å²) in [7, 11) is 0. The van der Waals surface area contributed by atoms with Crippen LogP contribution in [0.2, 0.25) is 0 Å². The highest BCUT2D eigenvalue weighted by atomic mass is 16.7. The Bertz CT molecular complexity index is 1330. The minimum atomic E-state index is -1.48. The van der Waals surface area contributed by atoms with Crippen molar-refractivity contribution in [1.82, 2.24) is 0 Å². The predicted octanol–water partition coefficient (Wildman–Crippen LogP) is 4.68. The zero-order chi connectivity index (χ0) is 37.7. The van der Waals surface area contributed by atoms with Crippen LogP contribution in [-0.2, 0) is 33.3 Å². The first kappa shape index (κ1) is 39.4. The predicted molar refractivity (Wildman–Crippen MR) is 187 cm³/mol. The van der Waals surface area contributed by atoms with Crippen LogP contribution in [0.1, 0.15) is 127 Å². The van der Waals surface area contributed by atoms with Crippen molar-refractivity contribution in [2.24, 2.45) is 45.3 Å². The second kappa shape index (κ2) is 13.2. The molecule has 0 radical (unpaired) electrons. The number of hydrogen-bond donors (Lipinski definition) is 4. The number of carbonyl (C=O) groups is 2. The summed E-state index contributed by atoms with van der Waals surface area (Å²) in [6.07, 6.45) is 0.889. The number of hydrogen-bond acceptors (Lipinski definition) is 11. The Kier molecular flexibility index (Phi) is 10.2. The van der Waals surface area contributed by atoms with Crippen molar-refractivity contribution in [3.8, 4) is 0 Å². The number of rotatable bonds is 7. The molecule has 16 atom stereocenters. The molecule has 292 valence electrons. The SMILES string of the molecule is CC(=O)O[C@H]1[C@H](O[C@@H]2CC[C@@]3(C)C(CC[C@]4(C)C3[C@H](OC(C)=O)CC3[C@@H](C5(C)CC[C@@H](C(C)(C)O)O5)CC[C@]34C)C2(C)C)O[C@H](CO)[C@@H](O)[C@@H]1O. The van der Waals surface area contributed by atoms with Crippen molar-refractivity contribution < 1.29 is 53.7 Å². The van der Waals surface area contributed by atoms with Gasteiger partial charge in [-0.2, -0.15) is 0 Å². The number of esters is 2. The van der Waals surface area contributed by atoms with Gasteiger partial charge in [-0.25, -0.2) is 0 Å². The molecule has 4 aliphatic carbocycles. The van der Waals surface area contributed by atoms with E-state index in [1.807, 2.05) is 13.8 Å². The van der Waals surface area contributed by atoms with E-state index in [4.69, 9.17) is 23.7 Å². The van der Waals surface area contributed by atoms with Crippen molar-refractivity contribution >= 4 is 11.9 Å². The average molecular weight is 723 g/mol. The maximum atomic E-state index is 12.9. The van der Waals surface area contributed by atoms with Gasteiger partial charge in [-0.1, -0.05) is 34.6 Å². The number of fused-ring (bicyclic) bond motifs is 5. The number of carbonyl (C=O) groups excluding carboxylic acids is 2. The van der Waals surface area contributed by atoms with E-state index in [-0.39, 0.29) is 63.4 Å². The molecule has 0 amide bonds. The van der Waals surface area contributed by atoms with Gasteiger partial charge in [0.2, 0.25) is 0 Å². The van der Waals surface area contributed by atoms with Crippen LogP contribution in [0.5, 0.6) is 0 Å². The first-order valence-corrected chi connectivity index (χ1v) is 19.6. The Labute approximate surface area is 304 Å². The molecule has 2 heterocycles. The number of ether oxygens (including phenoxy) is 5. The summed E-state index contributed by atoms with van der Waals surface area (Å²) in [6.45, 7) is 20.0. The molecular weight excluding hydrogens is 656 g/mol. The van der Waals surface area contributed by atoms with Gasteiger partial charge < -0.3 is 44.1 Å². The van der Waals surface area contributed by atoms with Crippen molar-refractivity contribution in [3.63, 3.8) is 0 Å². The molecule has 0 aromatic rings. The van der Waals surface area contributed by atoms with Crippen LogP contribution >= 0.6 is 0 Å². The molecule has 11 nitrogen and oxygen atoms in total. The fourth-order valence-corrected chi connectivity index (χ4v) is 13.3. The molecule has 0 spiro atoms. The summed E-state index contributed by atoms with van der Waals surface area (Å²) in [4.78, 5) is 24.9. The highest BCUT2D eigenvalue weighted by Gasteiger charge is 2.73. The van der Waals surface area contributed by atoms with E-state index in [0.29, 0.717) is 18.3 Å². The van der Waals surface area contributed by atoms with E-state index < -0.39 is 48.9 Å². The summed E-state index contributed by atoms with van der Waals surface area (Å²) in [5, 5.41) is 42.2. The summed E-state index contributed by atoms with van der Waals surface area (Å²) in [5.41, 5.74) is -1.92. The van der Waals surface area contributed by atoms with Crippen LogP contribution in [0, 0.1) is 45.3 Å². The van der Waals surface area contributed by atoms with E-state index in [9.17, 15) is 30.0 Å². The van der Waals surface area contributed by atoms with Gasteiger partial charge in [-0.3, -0.25) is 9.59 Å². The van der Waals surface area contributed by atoms with E-state index in [0.717, 1.165) is 51.4 Å². The minimum absolute atomic E-state index is 0.00705. The number of aliphatic hydroxyl groups is 4. The lowest BCUT2D eigenvalue weighted by Gasteiger charge is -2.71. The first-order valence-electron chi connectivity index (χ1n) is 19.6. The normalized spacial score (nSPS) is 50.9. The Morgan fingerprint density at radius 3 is 2.06 bits per heavy atom. The summed E-state index contributed by atoms with van der Waals surface area (Å²) in [5.74, 6) is 0.0370. The molecule has 6 aliphatic rings. The maximum Gasteiger partial charge on any atom is 0.303 e. The van der Waals surface area contributed by atoms with Gasteiger partial charge in [-0.15, -0.1) is 0 Å². The first-order chi connectivity index (χ1) is 23.5. The second-order valence-electron chi connectivity index (χ2n) is 19.4. The van der Waals surface area contributed by atoms with Crippen LogP contribution in [0.25, 0.3) is 0 Å². The van der Waals surface area contributed by atoms with Crippen LogP contribution in [0.3, 0.4) is 0 Å². The van der Waals surface area contributed by atoms with Crippen molar-refractivity contribution in [2.75, 3.05) is 6.61 Å². The Morgan fingerprint density at radius 1 is 0.824 bits per heavy atom. The molecule has 0 bridgehead atoms. The summed E-state index contributed by atoms with van der Waals surface area (Å²) < 4.78 is 31.3. The van der Waals surface area contributed by atoms with Crippen molar-refractivity contribution in [1.29, 1.82) is 0 Å². The fourth-order valence-electron chi connectivity index (χ4n) is 13.3. The van der Waals surface area contributed by atoms with Crippen LogP contribution in [0.15, 0.2) is 0 Å². The van der Waals surface area contributed by atoms with Crippen LogP contribution in [0.4, 0.5) is 0 Å². The van der Waals surface area contributed by atoms with Gasteiger partial charge in [0.15, 0.2) is 12.4 Å². The highest BCUT2D eigenvalue weighted by molar-refractivity contribution is 5.66. The van der Waals surface area contributed by atoms with E-state index in [1.54, 1.807) is 0 Å². The van der Waals surface area contributed by atoms with Gasteiger partial charge in [-0.05, 0) is 118 Å². The summed E-state index contributed by atoms with van der Waals surface area (Å²) in [6, 6.07) is 0. The van der Waals surface area contributed by atoms with Gasteiger partial charge in [0.25, 0.3) is 0 Å². The van der Waals surface area contributed by atoms with Gasteiger partial charge >= 0.3 is 11.9 Å². The Hall–Kier alpha value is -1.34. The molecule has 2 aliphatic heterocycles. The molecule has 11 heteroatoms. The molecule has 4 N–H and O–H groups in total. The third-order valence-corrected chi connectivity index (χ3v) is 15.9. The molecule has 0 aromatic heterocycles. The minimum Gasteiger partial charge on any atom is -0.462 e. The van der Waals surface area contributed by atoms with Crippen LogP contribution in [-0.4, -0.2) is 99.2 Å². The molecule has 51 heavy (non-hydrogen) atoms. The van der Waals surface area contributed by atoms with Gasteiger partial charge in [0.1, 0.15) is 24.4 Å². The fraction of sp³-hybridized carbons (Fsp3) is 0.950. The lowest BCUT2D eigenvalue weighted by molar-refractivity contribution is -0.334. The van der Waals surface area contributed by atoms with Crippen molar-refractivity contribution in [3.05, 3.63) is 0 Å². The zero-order valence-electron chi connectivity index (χ0n) is 32.6. The molecule has 0 aromatic carbocycles. The average Bonchev–Trinajstić information content (AvgIpc) is 3.59. The molecular formula is C40H66O11. The van der Waals surface area contributed by atoms with Crippen molar-refractivity contribution in [2.45, 2.75) is 187 Å². The largest absolute Gasteiger partial charge is 0.462 e. The van der Waals surface area contributed by atoms with Gasteiger partial charge in [0.05, 0.1) is 30.0 Å². The number of aliphatic hydroxyl groups excluding tert-OH is 3. The Morgan fingerprint density at radius 2 is 1.47 bits per heavy atom. The smallest absolute Gasteiger partial charge is 0.303 e. The third-order valence-electron chi connectivity index (χ3n) is 15.9. The highest BCUT2D eigenvalue weighted by Crippen LogP contribution is 2.76. The van der Waals surface area contributed by atoms with E-state index in [1.165, 1.54) is 13.8 Å². The monoisotopic (exact) mass is 722 g/mol. The standard InChI is InChI=1S/C40H66O11/c1-21(42)47-25-19-24-23(40(10)18-14-29(51-40)36(5,6)46)11-16-38(24,8)39(9)17-12-27-35(3,4)28(13-15-37(27,7)33(25)39)50-34-32(48-22(2)43)31(45)30(44)26(20-41)49-34/h23-34,41,44-46H,11-20H2,1-10H3/t23-,24?,25+,26+,27?,28+,29-,30+,31-,32+,33?,34-,37-,38+,39+,40?/m0/s1. The topological polar surface area (TPSA) is 161 Å². The summed E-state index contributed by atoms with van der Waals surface area (Å²) >= 11 is 0. The third kappa shape index (κ3) is 6.21. The van der Waals surface area contributed by atoms with Gasteiger partial charge in [0, 0.05) is 19.8 Å². The second-order valence-corrected chi connectivity index (χ2v) is 19.4. The lowest BCUT2D eigenvalue weighted by Crippen LogP contribution is -2.68. The molecule has 6 rings (SSSR count). The maximum absolute atomic E-state index is 12.9. The molecule has 4 saturated carbocycles. The molecule has 2 saturated heterocycles. The van der Waals surface area contributed by atoms with Crippen LogP contribution < -0.4 is 0 Å². The molecule has 6 fully saturated rings. The van der Waals surface area contributed by atoms with E-state index >= 15 is 0 Å². The zero-order valence-corrected chi connectivity index (χ0v) is 32.6. The van der Waals surface area contributed by atoms with E-state index in [2.05, 4.69) is 41.5 Å². The Balaban J connectivity index is 1.30. The quantitative estimate of drug-likeness (QED) is 0.213.